The highest BCUT2D eigenvalue weighted by atomic mass is 16.6. The van der Waals surface area contributed by atoms with E-state index in [0.29, 0.717) is 12.3 Å². The minimum Gasteiger partial charge on any atom is -0.482 e. The summed E-state index contributed by atoms with van der Waals surface area (Å²) in [6.07, 6.45) is 0. The van der Waals surface area contributed by atoms with Crippen molar-refractivity contribution in [1.29, 1.82) is 0 Å². The van der Waals surface area contributed by atoms with Crippen LogP contribution in [0.4, 0.5) is 0 Å². The van der Waals surface area contributed by atoms with E-state index in [1.165, 1.54) is 0 Å². The Morgan fingerprint density at radius 1 is 1.33 bits per heavy atom. The molecule has 0 amide bonds. The molecule has 1 aromatic rings. The summed E-state index contributed by atoms with van der Waals surface area (Å²) in [7, 11) is 0. The first-order valence-corrected chi connectivity index (χ1v) is 5.96. The normalized spacial score (nSPS) is 11.2. The molecule has 0 heterocycles. The summed E-state index contributed by atoms with van der Waals surface area (Å²) < 4.78 is 10.6. The molecule has 4 heteroatoms. The second kappa shape index (κ2) is 5.87. The van der Waals surface area contributed by atoms with Crippen LogP contribution in [0.25, 0.3) is 0 Å². The van der Waals surface area contributed by atoms with E-state index in [1.54, 1.807) is 0 Å². The molecule has 2 N–H and O–H groups in total. The Morgan fingerprint density at radius 3 is 2.56 bits per heavy atom. The van der Waals surface area contributed by atoms with Gasteiger partial charge in [0.15, 0.2) is 6.61 Å². The van der Waals surface area contributed by atoms with Crippen molar-refractivity contribution >= 4 is 5.97 Å². The van der Waals surface area contributed by atoms with Gasteiger partial charge in [-0.25, -0.2) is 4.79 Å². The average molecular weight is 251 g/mol. The van der Waals surface area contributed by atoms with E-state index in [4.69, 9.17) is 15.2 Å². The van der Waals surface area contributed by atoms with E-state index < -0.39 is 5.60 Å². The van der Waals surface area contributed by atoms with Crippen LogP contribution in [0.15, 0.2) is 18.2 Å². The molecule has 0 fully saturated rings. The van der Waals surface area contributed by atoms with Gasteiger partial charge in [0.1, 0.15) is 11.4 Å². The maximum absolute atomic E-state index is 11.5. The largest absolute Gasteiger partial charge is 0.482 e. The summed E-state index contributed by atoms with van der Waals surface area (Å²) in [6, 6.07) is 5.71. The molecule has 0 saturated carbocycles. The van der Waals surface area contributed by atoms with Crippen LogP contribution in [0.2, 0.25) is 0 Å². The van der Waals surface area contributed by atoms with Gasteiger partial charge in [-0.2, -0.15) is 0 Å². The molecule has 0 aromatic heterocycles. The maximum atomic E-state index is 11.5. The smallest absolute Gasteiger partial charge is 0.344 e. The van der Waals surface area contributed by atoms with Crippen LogP contribution in [0, 0.1) is 6.92 Å². The molecule has 0 spiro atoms. The number of benzene rings is 1. The third-order valence-electron chi connectivity index (χ3n) is 2.25. The lowest BCUT2D eigenvalue weighted by atomic mass is 10.1. The Kier molecular flexibility index (Phi) is 4.73. The van der Waals surface area contributed by atoms with E-state index >= 15 is 0 Å². The minimum absolute atomic E-state index is 0.0911. The van der Waals surface area contributed by atoms with Crippen molar-refractivity contribution in [2.24, 2.45) is 5.73 Å². The number of nitrogens with two attached hydrogens (primary N) is 1. The van der Waals surface area contributed by atoms with Gasteiger partial charge in [0, 0.05) is 6.54 Å². The molecule has 0 atom stereocenters. The monoisotopic (exact) mass is 251 g/mol. The summed E-state index contributed by atoms with van der Waals surface area (Å²) in [4.78, 5) is 11.5. The second-order valence-electron chi connectivity index (χ2n) is 5.18. The summed E-state index contributed by atoms with van der Waals surface area (Å²) in [5, 5.41) is 0. The van der Waals surface area contributed by atoms with Gasteiger partial charge in [-0.05, 0) is 44.9 Å². The predicted octanol–water partition coefficient (Wildman–Crippen LogP) is 2.17. The molecule has 0 bridgehead atoms. The molecule has 100 valence electrons. The lowest BCUT2D eigenvalue weighted by Gasteiger charge is -2.19. The topological polar surface area (TPSA) is 61.5 Å². The number of hydrogen-bond donors (Lipinski definition) is 1. The Hall–Kier alpha value is -1.55. The van der Waals surface area contributed by atoms with Crippen molar-refractivity contribution in [2.75, 3.05) is 6.61 Å². The van der Waals surface area contributed by atoms with Gasteiger partial charge in [0.25, 0.3) is 0 Å². The van der Waals surface area contributed by atoms with Crippen LogP contribution in [-0.4, -0.2) is 18.2 Å². The summed E-state index contributed by atoms with van der Waals surface area (Å²) in [5.74, 6) is 0.295. The number of rotatable bonds is 4. The number of hydrogen-bond acceptors (Lipinski definition) is 4. The molecule has 0 radical (unpaired) electrons. The Labute approximate surface area is 108 Å². The van der Waals surface area contributed by atoms with Crippen LogP contribution >= 0.6 is 0 Å². The highest BCUT2D eigenvalue weighted by molar-refractivity contribution is 5.71. The Bertz CT molecular complexity index is 422. The van der Waals surface area contributed by atoms with E-state index in [0.717, 1.165) is 11.1 Å². The summed E-state index contributed by atoms with van der Waals surface area (Å²) in [6.45, 7) is 7.75. The highest BCUT2D eigenvalue weighted by Gasteiger charge is 2.16. The number of carbonyl (C=O) groups is 1. The van der Waals surface area contributed by atoms with Crippen LogP contribution in [-0.2, 0) is 16.1 Å². The van der Waals surface area contributed by atoms with Crippen LogP contribution < -0.4 is 10.5 Å². The van der Waals surface area contributed by atoms with E-state index in [9.17, 15) is 4.79 Å². The van der Waals surface area contributed by atoms with Gasteiger partial charge < -0.3 is 15.2 Å². The molecule has 0 saturated heterocycles. The van der Waals surface area contributed by atoms with Crippen molar-refractivity contribution in [1.82, 2.24) is 0 Å². The van der Waals surface area contributed by atoms with Gasteiger partial charge in [-0.15, -0.1) is 0 Å². The first-order valence-electron chi connectivity index (χ1n) is 5.96. The molecular weight excluding hydrogens is 230 g/mol. The third-order valence-corrected chi connectivity index (χ3v) is 2.25. The fourth-order valence-electron chi connectivity index (χ4n) is 1.43. The lowest BCUT2D eigenvalue weighted by molar-refractivity contribution is -0.157. The maximum Gasteiger partial charge on any atom is 0.344 e. The van der Waals surface area contributed by atoms with Crippen molar-refractivity contribution in [2.45, 2.75) is 39.8 Å². The van der Waals surface area contributed by atoms with Crippen LogP contribution in [0.5, 0.6) is 5.75 Å². The van der Waals surface area contributed by atoms with E-state index in [1.807, 2.05) is 45.9 Å². The van der Waals surface area contributed by atoms with Gasteiger partial charge in [0.2, 0.25) is 0 Å². The molecule has 0 aliphatic rings. The SMILES string of the molecule is Cc1ccc(CN)cc1OCC(=O)OC(C)(C)C. The molecule has 1 rings (SSSR count). The average Bonchev–Trinajstić information content (AvgIpc) is 2.25. The van der Waals surface area contributed by atoms with Crippen molar-refractivity contribution in [3.8, 4) is 5.75 Å². The molecule has 0 unspecified atom stereocenters. The van der Waals surface area contributed by atoms with Crippen molar-refractivity contribution in [3.05, 3.63) is 29.3 Å². The molecule has 0 aliphatic carbocycles. The lowest BCUT2D eigenvalue weighted by Crippen LogP contribution is -2.27. The number of aryl methyl sites for hydroxylation is 1. The Balaban J connectivity index is 2.60. The van der Waals surface area contributed by atoms with Crippen LogP contribution in [0.1, 0.15) is 31.9 Å². The first kappa shape index (κ1) is 14.5. The fourth-order valence-corrected chi connectivity index (χ4v) is 1.43. The van der Waals surface area contributed by atoms with Gasteiger partial charge in [-0.1, -0.05) is 12.1 Å². The zero-order chi connectivity index (χ0) is 13.8. The van der Waals surface area contributed by atoms with Crippen molar-refractivity contribution in [3.63, 3.8) is 0 Å². The summed E-state index contributed by atoms with van der Waals surface area (Å²) in [5.41, 5.74) is 7.01. The van der Waals surface area contributed by atoms with Crippen LogP contribution in [0.3, 0.4) is 0 Å². The zero-order valence-corrected chi connectivity index (χ0v) is 11.4. The first-order chi connectivity index (χ1) is 8.31. The molecule has 18 heavy (non-hydrogen) atoms. The molecular formula is C14H21NO3. The number of ether oxygens (including phenoxy) is 2. The number of carbonyl (C=O) groups excluding carboxylic acids is 1. The minimum atomic E-state index is -0.491. The van der Waals surface area contributed by atoms with E-state index in [2.05, 4.69) is 0 Å². The second-order valence-corrected chi connectivity index (χ2v) is 5.18. The summed E-state index contributed by atoms with van der Waals surface area (Å²) >= 11 is 0. The quantitative estimate of drug-likeness (QED) is 0.833. The third kappa shape index (κ3) is 4.75. The Morgan fingerprint density at radius 2 is 2.00 bits per heavy atom. The molecule has 1 aromatic carbocycles. The van der Waals surface area contributed by atoms with Crippen molar-refractivity contribution < 1.29 is 14.3 Å². The molecule has 0 aliphatic heterocycles. The standard InChI is InChI=1S/C14H21NO3/c1-10-5-6-11(8-15)7-12(10)17-9-13(16)18-14(2,3)4/h5-7H,8-9,15H2,1-4H3. The molecule has 4 nitrogen and oxygen atoms in total. The highest BCUT2D eigenvalue weighted by Crippen LogP contribution is 2.19. The predicted molar refractivity (Wildman–Crippen MR) is 70.4 cm³/mol. The zero-order valence-electron chi connectivity index (χ0n) is 11.4. The van der Waals surface area contributed by atoms with Gasteiger partial charge in [0.05, 0.1) is 0 Å². The fraction of sp³-hybridized carbons (Fsp3) is 0.500. The van der Waals surface area contributed by atoms with Gasteiger partial charge in [-0.3, -0.25) is 0 Å². The van der Waals surface area contributed by atoms with E-state index in [-0.39, 0.29) is 12.6 Å². The van der Waals surface area contributed by atoms with Gasteiger partial charge >= 0.3 is 5.97 Å². The number of esters is 1.